The Morgan fingerprint density at radius 3 is 2.47 bits per heavy atom. The summed E-state index contributed by atoms with van der Waals surface area (Å²) in [6.45, 7) is 6.52. The van der Waals surface area contributed by atoms with E-state index in [1.165, 1.54) is 58.0 Å². The first-order valence-corrected chi connectivity index (χ1v) is 18.1. The number of anilines is 1. The molecule has 0 bridgehead atoms. The van der Waals surface area contributed by atoms with Gasteiger partial charge in [-0.2, -0.15) is 18.0 Å². The molecule has 3 heterocycles. The molecule has 0 unspecified atom stereocenters. The molecule has 4 fully saturated rings. The number of hydrogen-bond acceptors (Lipinski definition) is 8. The van der Waals surface area contributed by atoms with Crippen LogP contribution in [0.1, 0.15) is 69.9 Å². The van der Waals surface area contributed by atoms with Gasteiger partial charge in [0.25, 0.3) is 5.56 Å². The van der Waals surface area contributed by atoms with E-state index >= 15 is 0 Å². The van der Waals surface area contributed by atoms with E-state index in [0.717, 1.165) is 49.1 Å². The molecule has 1 aromatic heterocycles. The number of halogens is 1. The quantitative estimate of drug-likeness (QED) is 0.353. The Labute approximate surface area is 274 Å². The molecule has 2 aliphatic heterocycles. The van der Waals surface area contributed by atoms with Crippen LogP contribution >= 0.6 is 0 Å². The molecule has 11 nitrogen and oxygen atoms in total. The Kier molecular flexibility index (Phi) is 8.27. The summed E-state index contributed by atoms with van der Waals surface area (Å²) in [6.07, 6.45) is 11.2. The zero-order chi connectivity index (χ0) is 33.0. The molecule has 2 saturated heterocycles. The van der Waals surface area contributed by atoms with E-state index in [1.807, 2.05) is 6.07 Å². The van der Waals surface area contributed by atoms with E-state index in [-0.39, 0.29) is 40.6 Å². The number of nitrogens with zero attached hydrogens (tertiary/aromatic N) is 5. The lowest BCUT2D eigenvalue weighted by molar-refractivity contribution is -0.0341. The van der Waals surface area contributed by atoms with Gasteiger partial charge in [-0.3, -0.25) is 14.1 Å². The Morgan fingerprint density at radius 1 is 1.11 bits per heavy atom. The summed E-state index contributed by atoms with van der Waals surface area (Å²) in [6, 6.07) is 9.52. The summed E-state index contributed by atoms with van der Waals surface area (Å²) in [5.74, 6) is -1.14. The minimum Gasteiger partial charge on any atom is -0.453 e. The normalized spacial score (nSPS) is 22.6. The Hall–Kier alpha value is -3.57. The second-order valence-electron chi connectivity index (χ2n) is 14.1. The van der Waals surface area contributed by atoms with E-state index < -0.39 is 21.8 Å². The SMILES string of the molecule is CCN(C)S(=O)(=O)Nc1ccc(F)c(Oc2ccc3ncn(C4CC5(CCN(C6CCC7(CC6)CNC7)CC5)C4)c(=O)c3c2)c1C#N. The van der Waals surface area contributed by atoms with Gasteiger partial charge >= 0.3 is 10.2 Å². The van der Waals surface area contributed by atoms with Crippen molar-refractivity contribution in [2.24, 2.45) is 10.8 Å². The van der Waals surface area contributed by atoms with Crippen LogP contribution in [0.25, 0.3) is 10.9 Å². The van der Waals surface area contributed by atoms with Crippen LogP contribution in [-0.4, -0.2) is 73.0 Å². The van der Waals surface area contributed by atoms with E-state index in [1.54, 1.807) is 30.0 Å². The number of nitrogens with one attached hydrogen (secondary N) is 2. The summed E-state index contributed by atoms with van der Waals surface area (Å²) in [5, 5.41) is 13.6. The standard InChI is InChI=1S/C34H42FN7O4S/c1-3-40(2)47(44,45)39-30-7-5-28(35)31(27(30)19-36)46-25-4-6-29-26(16-25)32(43)42(22-38-29)24-17-33(18-24)12-14-41(15-13-33)23-8-10-34(11-9-23)20-37-21-34/h4-7,16,22-24,37,39H,3,8-15,17-18,20-21H2,1-2H3. The van der Waals surface area contributed by atoms with Crippen LogP contribution in [-0.2, 0) is 10.2 Å². The summed E-state index contributed by atoms with van der Waals surface area (Å²) in [7, 11) is -2.58. The number of hydrogen-bond donors (Lipinski definition) is 2. The minimum atomic E-state index is -3.97. The molecule has 250 valence electrons. The highest BCUT2D eigenvalue weighted by Crippen LogP contribution is 2.55. The highest BCUT2D eigenvalue weighted by Gasteiger charge is 2.48. The predicted molar refractivity (Wildman–Crippen MR) is 177 cm³/mol. The lowest BCUT2D eigenvalue weighted by Gasteiger charge is -2.55. The van der Waals surface area contributed by atoms with Crippen LogP contribution in [0.2, 0.25) is 0 Å². The van der Waals surface area contributed by atoms with Gasteiger partial charge < -0.3 is 15.0 Å². The fourth-order valence-electron chi connectivity index (χ4n) is 8.12. The van der Waals surface area contributed by atoms with Crippen molar-refractivity contribution >= 4 is 26.8 Å². The second kappa shape index (κ2) is 12.1. The Bertz CT molecular complexity index is 1880. The van der Waals surface area contributed by atoms with Crippen LogP contribution < -0.4 is 20.3 Å². The third-order valence-electron chi connectivity index (χ3n) is 11.4. The molecule has 3 aromatic rings. The first-order chi connectivity index (χ1) is 22.5. The van der Waals surface area contributed by atoms with Gasteiger partial charge in [0.2, 0.25) is 0 Å². The molecule has 2 aliphatic carbocycles. The number of nitriles is 1. The van der Waals surface area contributed by atoms with Gasteiger partial charge in [0.1, 0.15) is 17.4 Å². The topological polar surface area (TPSA) is 133 Å². The van der Waals surface area contributed by atoms with Gasteiger partial charge in [-0.15, -0.1) is 0 Å². The van der Waals surface area contributed by atoms with E-state index in [9.17, 15) is 22.9 Å². The number of aromatic nitrogens is 2. The fraction of sp³-hybridized carbons (Fsp3) is 0.559. The van der Waals surface area contributed by atoms with Gasteiger partial charge in [0.15, 0.2) is 11.6 Å². The molecule has 2 saturated carbocycles. The Balaban J connectivity index is 1.04. The largest absolute Gasteiger partial charge is 0.453 e. The van der Waals surface area contributed by atoms with E-state index in [2.05, 4.69) is 19.9 Å². The maximum absolute atomic E-state index is 15.0. The second-order valence-corrected chi connectivity index (χ2v) is 15.9. The van der Waals surface area contributed by atoms with Gasteiger partial charge in [-0.25, -0.2) is 9.37 Å². The maximum Gasteiger partial charge on any atom is 0.301 e. The van der Waals surface area contributed by atoms with Crippen molar-refractivity contribution in [2.45, 2.75) is 70.4 Å². The van der Waals surface area contributed by atoms with E-state index in [4.69, 9.17) is 4.74 Å². The minimum absolute atomic E-state index is 0.0739. The highest BCUT2D eigenvalue weighted by atomic mass is 32.2. The summed E-state index contributed by atoms with van der Waals surface area (Å²) in [5.41, 5.74) is 0.728. The van der Waals surface area contributed by atoms with Gasteiger partial charge in [-0.1, -0.05) is 6.92 Å². The van der Waals surface area contributed by atoms with Crippen molar-refractivity contribution in [3.8, 4) is 17.6 Å². The third-order valence-corrected chi connectivity index (χ3v) is 13.0. The molecule has 47 heavy (non-hydrogen) atoms. The molecule has 0 amide bonds. The molecule has 2 N–H and O–H groups in total. The lowest BCUT2D eigenvalue weighted by Crippen LogP contribution is -2.57. The number of rotatable bonds is 8. The summed E-state index contributed by atoms with van der Waals surface area (Å²) in [4.78, 5) is 21.0. The monoisotopic (exact) mass is 663 g/mol. The summed E-state index contributed by atoms with van der Waals surface area (Å²) < 4.78 is 51.1. The molecular weight excluding hydrogens is 621 g/mol. The van der Waals surface area contributed by atoms with Crippen molar-refractivity contribution in [1.82, 2.24) is 24.1 Å². The molecule has 4 aliphatic rings. The van der Waals surface area contributed by atoms with Crippen molar-refractivity contribution in [1.29, 1.82) is 5.26 Å². The average Bonchev–Trinajstić information content (AvgIpc) is 3.04. The molecule has 2 aromatic carbocycles. The first-order valence-electron chi connectivity index (χ1n) is 16.6. The van der Waals surface area contributed by atoms with Crippen LogP contribution in [0, 0.1) is 28.0 Å². The lowest BCUT2D eigenvalue weighted by atomic mass is 9.60. The van der Waals surface area contributed by atoms with E-state index in [0.29, 0.717) is 22.4 Å². The van der Waals surface area contributed by atoms with Crippen LogP contribution in [0.5, 0.6) is 11.5 Å². The van der Waals surface area contributed by atoms with Gasteiger partial charge in [0, 0.05) is 38.8 Å². The van der Waals surface area contributed by atoms with Crippen molar-refractivity contribution in [2.75, 3.05) is 44.5 Å². The predicted octanol–water partition coefficient (Wildman–Crippen LogP) is 4.76. The van der Waals surface area contributed by atoms with Crippen LogP contribution in [0.15, 0.2) is 41.5 Å². The number of fused-ring (bicyclic) bond motifs is 1. The molecular formula is C34H42FN7O4S. The first kappa shape index (κ1) is 32.0. The van der Waals surface area contributed by atoms with Gasteiger partial charge in [-0.05, 0) is 106 Å². The highest BCUT2D eigenvalue weighted by molar-refractivity contribution is 7.90. The Morgan fingerprint density at radius 2 is 1.83 bits per heavy atom. The number of ether oxygens (including phenoxy) is 1. The van der Waals surface area contributed by atoms with Crippen molar-refractivity contribution < 1.29 is 17.5 Å². The zero-order valence-corrected chi connectivity index (χ0v) is 27.8. The molecule has 13 heteroatoms. The van der Waals surface area contributed by atoms with Gasteiger partial charge in [0.05, 0.1) is 22.9 Å². The van der Waals surface area contributed by atoms with Crippen LogP contribution in [0.4, 0.5) is 10.1 Å². The molecule has 7 rings (SSSR count). The number of benzene rings is 2. The fourth-order valence-corrected chi connectivity index (χ4v) is 9.06. The number of likely N-dealkylation sites (tertiary alicyclic amines) is 1. The van der Waals surface area contributed by atoms with Crippen LogP contribution in [0.3, 0.4) is 0 Å². The smallest absolute Gasteiger partial charge is 0.301 e. The zero-order valence-electron chi connectivity index (χ0n) is 27.0. The molecule has 2 spiro atoms. The average molecular weight is 664 g/mol. The van der Waals surface area contributed by atoms with Crippen molar-refractivity contribution in [3.63, 3.8) is 0 Å². The maximum atomic E-state index is 15.0. The number of piperidine rings is 1. The van der Waals surface area contributed by atoms with Crippen molar-refractivity contribution in [3.05, 3.63) is 58.4 Å². The third kappa shape index (κ3) is 5.90. The molecule has 0 radical (unpaired) electrons. The molecule has 0 atom stereocenters. The summed E-state index contributed by atoms with van der Waals surface area (Å²) >= 11 is 0.